The van der Waals surface area contributed by atoms with Gasteiger partial charge in [-0.1, -0.05) is 254 Å². The SMILES string of the molecule is CCCCCCCCCCC/C=C\C/C=C\CCCCCCCCCCCCCCCC(=O)NC(CO)C(O)/C=C/CC/C=C/CC/C=C/CCCCCCCCCCCC. The molecule has 0 heterocycles. The Morgan fingerprint density at radius 3 is 1.05 bits per heavy atom. The van der Waals surface area contributed by atoms with E-state index in [1.807, 2.05) is 6.08 Å². The molecule has 2 atom stereocenters. The summed E-state index contributed by atoms with van der Waals surface area (Å²) >= 11 is 0. The number of nitrogens with one attached hydrogen (secondary N) is 1. The van der Waals surface area contributed by atoms with Gasteiger partial charge in [-0.15, -0.1) is 0 Å². The molecular formula is C57H105NO3. The quantitative estimate of drug-likeness (QED) is 0.0422. The van der Waals surface area contributed by atoms with Gasteiger partial charge in [0.05, 0.1) is 18.8 Å². The Morgan fingerprint density at radius 2 is 0.689 bits per heavy atom. The summed E-state index contributed by atoms with van der Waals surface area (Å²) in [6, 6.07) is -0.648. The van der Waals surface area contributed by atoms with Crippen molar-refractivity contribution in [1.82, 2.24) is 5.32 Å². The number of aliphatic hydroxyl groups is 2. The molecule has 0 fully saturated rings. The molecule has 0 saturated heterocycles. The predicted molar refractivity (Wildman–Crippen MR) is 271 cm³/mol. The summed E-state index contributed by atoms with van der Waals surface area (Å²) in [5, 5.41) is 23.1. The molecule has 4 nitrogen and oxygen atoms in total. The maximum Gasteiger partial charge on any atom is 0.220 e. The molecule has 0 spiro atoms. The number of amides is 1. The van der Waals surface area contributed by atoms with E-state index < -0.39 is 12.1 Å². The first-order valence-electron chi connectivity index (χ1n) is 27.0. The zero-order chi connectivity index (χ0) is 44.2. The molecule has 0 bridgehead atoms. The lowest BCUT2D eigenvalue weighted by atomic mass is 10.0. The van der Waals surface area contributed by atoms with E-state index in [0.717, 1.165) is 44.9 Å². The van der Waals surface area contributed by atoms with Crippen LogP contribution in [0.2, 0.25) is 0 Å². The van der Waals surface area contributed by atoms with Crippen molar-refractivity contribution in [3.8, 4) is 0 Å². The van der Waals surface area contributed by atoms with Crippen molar-refractivity contribution in [3.05, 3.63) is 60.8 Å². The number of aliphatic hydroxyl groups excluding tert-OH is 2. The maximum atomic E-state index is 12.5. The van der Waals surface area contributed by atoms with Crippen molar-refractivity contribution in [2.24, 2.45) is 0 Å². The molecule has 356 valence electrons. The molecular weight excluding hydrogens is 747 g/mol. The van der Waals surface area contributed by atoms with Gasteiger partial charge in [0.15, 0.2) is 0 Å². The van der Waals surface area contributed by atoms with Gasteiger partial charge in [0.2, 0.25) is 5.91 Å². The van der Waals surface area contributed by atoms with E-state index in [0.29, 0.717) is 6.42 Å². The van der Waals surface area contributed by atoms with Crippen LogP contribution in [0.3, 0.4) is 0 Å². The van der Waals surface area contributed by atoms with Crippen LogP contribution in [-0.2, 0) is 4.79 Å². The molecule has 0 aromatic carbocycles. The molecule has 0 radical (unpaired) electrons. The van der Waals surface area contributed by atoms with E-state index in [4.69, 9.17) is 0 Å². The number of unbranched alkanes of at least 4 members (excludes halogenated alkanes) is 34. The molecule has 0 aromatic rings. The number of rotatable bonds is 49. The second kappa shape index (κ2) is 52.4. The predicted octanol–water partition coefficient (Wildman–Crippen LogP) is 17.6. The summed E-state index contributed by atoms with van der Waals surface area (Å²) in [5.74, 6) is -0.0779. The second-order valence-electron chi connectivity index (χ2n) is 18.3. The van der Waals surface area contributed by atoms with Gasteiger partial charge in [-0.2, -0.15) is 0 Å². The first-order valence-corrected chi connectivity index (χ1v) is 27.0. The summed E-state index contributed by atoms with van der Waals surface area (Å²) < 4.78 is 0. The van der Waals surface area contributed by atoms with Gasteiger partial charge in [0, 0.05) is 6.42 Å². The molecule has 0 saturated carbocycles. The van der Waals surface area contributed by atoms with E-state index in [-0.39, 0.29) is 12.5 Å². The minimum Gasteiger partial charge on any atom is -0.394 e. The van der Waals surface area contributed by atoms with Crippen molar-refractivity contribution in [2.75, 3.05) is 6.61 Å². The van der Waals surface area contributed by atoms with Crippen molar-refractivity contribution in [1.29, 1.82) is 0 Å². The number of hydrogen-bond donors (Lipinski definition) is 3. The lowest BCUT2D eigenvalue weighted by molar-refractivity contribution is -0.123. The monoisotopic (exact) mass is 852 g/mol. The normalized spacial score (nSPS) is 13.3. The zero-order valence-corrected chi connectivity index (χ0v) is 40.9. The average molecular weight is 852 g/mol. The lowest BCUT2D eigenvalue weighted by Crippen LogP contribution is -2.45. The third kappa shape index (κ3) is 49.0. The molecule has 3 N–H and O–H groups in total. The van der Waals surface area contributed by atoms with Gasteiger partial charge in [-0.25, -0.2) is 0 Å². The first kappa shape index (κ1) is 59.1. The highest BCUT2D eigenvalue weighted by atomic mass is 16.3. The Kier molecular flexibility index (Phi) is 50.8. The Morgan fingerprint density at radius 1 is 0.393 bits per heavy atom. The summed E-state index contributed by atoms with van der Waals surface area (Å²) in [6.45, 7) is 4.31. The van der Waals surface area contributed by atoms with Crippen LogP contribution in [0.15, 0.2) is 60.8 Å². The third-order valence-corrected chi connectivity index (χ3v) is 12.2. The third-order valence-electron chi connectivity index (χ3n) is 12.2. The van der Waals surface area contributed by atoms with Gasteiger partial charge in [-0.05, 0) is 77.0 Å². The summed E-state index contributed by atoms with van der Waals surface area (Å²) in [7, 11) is 0. The fourth-order valence-corrected chi connectivity index (χ4v) is 8.07. The molecule has 0 aliphatic carbocycles. The van der Waals surface area contributed by atoms with Crippen LogP contribution in [0.4, 0.5) is 0 Å². The van der Waals surface area contributed by atoms with E-state index in [2.05, 4.69) is 67.8 Å². The number of allylic oxidation sites excluding steroid dienone is 9. The Labute approximate surface area is 381 Å². The molecule has 4 heteroatoms. The highest BCUT2D eigenvalue weighted by Crippen LogP contribution is 2.15. The number of hydrogen-bond acceptors (Lipinski definition) is 3. The number of carbonyl (C=O) groups excluding carboxylic acids is 1. The molecule has 2 unspecified atom stereocenters. The largest absolute Gasteiger partial charge is 0.394 e. The summed E-state index contributed by atoms with van der Waals surface area (Å²) in [6.07, 6.45) is 73.7. The summed E-state index contributed by atoms with van der Waals surface area (Å²) in [5.41, 5.74) is 0. The van der Waals surface area contributed by atoms with Crippen LogP contribution in [-0.4, -0.2) is 34.9 Å². The Balaban J connectivity index is 3.56. The van der Waals surface area contributed by atoms with Gasteiger partial charge >= 0.3 is 0 Å². The average Bonchev–Trinajstić information content (AvgIpc) is 3.26. The lowest BCUT2D eigenvalue weighted by Gasteiger charge is -2.19. The minimum absolute atomic E-state index is 0.0779. The highest BCUT2D eigenvalue weighted by Gasteiger charge is 2.17. The van der Waals surface area contributed by atoms with Crippen LogP contribution < -0.4 is 5.32 Å². The van der Waals surface area contributed by atoms with Gasteiger partial charge < -0.3 is 15.5 Å². The van der Waals surface area contributed by atoms with Gasteiger partial charge in [0.1, 0.15) is 0 Å². The Bertz CT molecular complexity index is 1010. The fourth-order valence-electron chi connectivity index (χ4n) is 8.07. The molecule has 1 amide bonds. The fraction of sp³-hybridized carbons (Fsp3) is 0.807. The van der Waals surface area contributed by atoms with E-state index in [9.17, 15) is 15.0 Å². The Hall–Kier alpha value is -1.91. The van der Waals surface area contributed by atoms with E-state index >= 15 is 0 Å². The zero-order valence-electron chi connectivity index (χ0n) is 40.9. The van der Waals surface area contributed by atoms with Crippen LogP contribution in [0.25, 0.3) is 0 Å². The molecule has 0 rings (SSSR count). The van der Waals surface area contributed by atoms with Gasteiger partial charge in [0.25, 0.3) is 0 Å². The highest BCUT2D eigenvalue weighted by molar-refractivity contribution is 5.76. The summed E-state index contributed by atoms with van der Waals surface area (Å²) in [4.78, 5) is 12.5. The van der Waals surface area contributed by atoms with Crippen LogP contribution in [0.1, 0.15) is 277 Å². The van der Waals surface area contributed by atoms with Crippen LogP contribution in [0, 0.1) is 0 Å². The van der Waals surface area contributed by atoms with Crippen LogP contribution in [0.5, 0.6) is 0 Å². The minimum atomic E-state index is -0.873. The van der Waals surface area contributed by atoms with Crippen molar-refractivity contribution in [2.45, 2.75) is 289 Å². The first-order chi connectivity index (χ1) is 30.2. The number of carbonyl (C=O) groups is 1. The smallest absolute Gasteiger partial charge is 0.220 e. The molecule has 0 aromatic heterocycles. The second-order valence-corrected chi connectivity index (χ2v) is 18.3. The van der Waals surface area contributed by atoms with E-state index in [1.165, 1.54) is 212 Å². The van der Waals surface area contributed by atoms with Crippen molar-refractivity contribution < 1.29 is 15.0 Å². The maximum absolute atomic E-state index is 12.5. The van der Waals surface area contributed by atoms with Crippen molar-refractivity contribution >= 4 is 5.91 Å². The topological polar surface area (TPSA) is 69.6 Å². The van der Waals surface area contributed by atoms with Gasteiger partial charge in [-0.3, -0.25) is 4.79 Å². The molecule has 0 aliphatic heterocycles. The van der Waals surface area contributed by atoms with Crippen molar-refractivity contribution in [3.63, 3.8) is 0 Å². The molecule has 0 aliphatic rings. The molecule has 61 heavy (non-hydrogen) atoms. The standard InChI is InChI=1S/C57H105NO3/c1-3-5-7-9-11-13-15-17-19-21-23-25-26-27-28-29-30-31-32-33-35-37-39-41-43-45-47-49-51-53-57(61)58-55(54-59)56(60)52-50-48-46-44-42-40-38-36-34-24-22-20-18-16-14-12-10-8-6-4-2/h23,25,27-28,34,36,42,44,50,52,55-56,59-60H,3-22,24,26,29-33,35,37-41,43,45-49,51,53-54H2,1-2H3,(H,58,61)/b25-23-,28-27-,36-34+,44-42+,52-50+. The van der Waals surface area contributed by atoms with Crippen LogP contribution >= 0.6 is 0 Å². The van der Waals surface area contributed by atoms with E-state index in [1.54, 1.807) is 6.08 Å².